The topological polar surface area (TPSA) is 90.1 Å². The Morgan fingerprint density at radius 2 is 2.43 bits per heavy atom. The number of aryl methyl sites for hydroxylation is 1. The molecule has 1 N–H and O–H groups in total. The number of nitro groups is 1. The van der Waals surface area contributed by atoms with Crippen molar-refractivity contribution in [3.63, 3.8) is 0 Å². The molecule has 0 bridgehead atoms. The van der Waals surface area contributed by atoms with Crippen molar-refractivity contribution in [1.29, 1.82) is 0 Å². The summed E-state index contributed by atoms with van der Waals surface area (Å²) < 4.78 is 1.29. The Morgan fingerprint density at radius 1 is 1.79 bits per heavy atom. The molecule has 0 saturated heterocycles. The molecule has 0 aliphatic rings. The zero-order chi connectivity index (χ0) is 10.7. The smallest absolute Gasteiger partial charge is 0.320 e. The van der Waals surface area contributed by atoms with Crippen LogP contribution in [0.4, 0.5) is 5.69 Å². The van der Waals surface area contributed by atoms with Gasteiger partial charge in [-0.1, -0.05) is 0 Å². The Bertz CT molecular complexity index is 371. The second-order valence-corrected chi connectivity index (χ2v) is 2.53. The lowest BCUT2D eigenvalue weighted by Crippen LogP contribution is -2.23. The highest BCUT2D eigenvalue weighted by Crippen LogP contribution is 2.17. The minimum atomic E-state index is -0.621. The van der Waals surface area contributed by atoms with Crippen molar-refractivity contribution in [3.05, 3.63) is 22.0 Å². The van der Waals surface area contributed by atoms with Crippen LogP contribution in [-0.2, 0) is 6.54 Å². The van der Waals surface area contributed by atoms with Gasteiger partial charge in [-0.05, 0) is 6.92 Å². The Kier molecular flexibility index (Phi) is 2.80. The largest absolute Gasteiger partial charge is 0.354 e. The van der Waals surface area contributed by atoms with Crippen LogP contribution in [0.5, 0.6) is 0 Å². The average Bonchev–Trinajstić information content (AvgIpc) is 2.59. The van der Waals surface area contributed by atoms with Gasteiger partial charge in [-0.3, -0.25) is 19.6 Å². The monoisotopic (exact) mass is 198 g/mol. The van der Waals surface area contributed by atoms with E-state index in [4.69, 9.17) is 0 Å². The molecule has 0 aromatic carbocycles. The maximum absolute atomic E-state index is 11.3. The van der Waals surface area contributed by atoms with Gasteiger partial charge in [-0.25, -0.2) is 0 Å². The lowest BCUT2D eigenvalue weighted by Gasteiger charge is -2.01. The first-order valence-corrected chi connectivity index (χ1v) is 4.04. The second-order valence-electron chi connectivity index (χ2n) is 2.53. The molecule has 0 unspecified atom stereocenters. The quantitative estimate of drug-likeness (QED) is 0.553. The number of nitrogens with zero attached hydrogens (tertiary/aromatic N) is 3. The van der Waals surface area contributed by atoms with E-state index in [0.717, 1.165) is 6.20 Å². The van der Waals surface area contributed by atoms with Gasteiger partial charge in [-0.2, -0.15) is 5.10 Å². The van der Waals surface area contributed by atoms with Gasteiger partial charge in [0.2, 0.25) is 5.69 Å². The molecule has 76 valence electrons. The third-order valence-corrected chi connectivity index (χ3v) is 1.76. The third kappa shape index (κ3) is 1.56. The number of hydrogen-bond donors (Lipinski definition) is 1. The van der Waals surface area contributed by atoms with E-state index in [9.17, 15) is 14.9 Å². The molecular formula is C7H10N4O3. The number of carbonyl (C=O) groups excluding carboxylic acids is 1. The average molecular weight is 198 g/mol. The summed E-state index contributed by atoms with van der Waals surface area (Å²) in [5.41, 5.74) is -0.286. The summed E-state index contributed by atoms with van der Waals surface area (Å²) in [6, 6.07) is 0. The van der Waals surface area contributed by atoms with Gasteiger partial charge in [0.15, 0.2) is 0 Å². The van der Waals surface area contributed by atoms with E-state index in [1.807, 2.05) is 0 Å². The maximum atomic E-state index is 11.3. The van der Waals surface area contributed by atoms with Crippen molar-refractivity contribution < 1.29 is 9.72 Å². The number of nitrogens with one attached hydrogen (secondary N) is 1. The molecule has 14 heavy (non-hydrogen) atoms. The molecule has 0 radical (unpaired) electrons. The highest BCUT2D eigenvalue weighted by molar-refractivity contribution is 5.96. The second kappa shape index (κ2) is 3.86. The van der Waals surface area contributed by atoms with Gasteiger partial charge >= 0.3 is 5.69 Å². The summed E-state index contributed by atoms with van der Waals surface area (Å²) in [7, 11) is 1.42. The van der Waals surface area contributed by atoms with Crippen molar-refractivity contribution in [2.24, 2.45) is 0 Å². The molecule has 0 fully saturated rings. The lowest BCUT2D eigenvalue weighted by atomic mass is 10.3. The van der Waals surface area contributed by atoms with Crippen molar-refractivity contribution in [3.8, 4) is 0 Å². The minimum absolute atomic E-state index is 0.0139. The molecule has 1 aromatic rings. The van der Waals surface area contributed by atoms with E-state index < -0.39 is 10.8 Å². The van der Waals surface area contributed by atoms with Crippen LogP contribution in [0.1, 0.15) is 17.4 Å². The third-order valence-electron chi connectivity index (χ3n) is 1.76. The lowest BCUT2D eigenvalue weighted by molar-refractivity contribution is -0.385. The minimum Gasteiger partial charge on any atom is -0.354 e. The Morgan fingerprint density at radius 3 is 2.86 bits per heavy atom. The van der Waals surface area contributed by atoms with Gasteiger partial charge in [0.1, 0.15) is 6.20 Å². The van der Waals surface area contributed by atoms with Crippen molar-refractivity contribution in [2.75, 3.05) is 7.05 Å². The van der Waals surface area contributed by atoms with Crippen LogP contribution in [0, 0.1) is 10.1 Å². The van der Waals surface area contributed by atoms with Crippen LogP contribution in [0.3, 0.4) is 0 Å². The van der Waals surface area contributed by atoms with Crippen molar-refractivity contribution in [1.82, 2.24) is 15.1 Å². The molecule has 1 amide bonds. The van der Waals surface area contributed by atoms with Gasteiger partial charge < -0.3 is 5.32 Å². The van der Waals surface area contributed by atoms with E-state index in [1.165, 1.54) is 11.7 Å². The van der Waals surface area contributed by atoms with Gasteiger partial charge in [0.05, 0.1) is 4.92 Å². The maximum Gasteiger partial charge on any atom is 0.320 e. The van der Waals surface area contributed by atoms with E-state index in [1.54, 1.807) is 6.92 Å². The molecule has 1 aromatic heterocycles. The van der Waals surface area contributed by atoms with E-state index in [2.05, 4.69) is 10.4 Å². The molecular weight excluding hydrogens is 188 g/mol. The number of carbonyl (C=O) groups is 1. The fourth-order valence-corrected chi connectivity index (χ4v) is 1.10. The molecule has 0 aliphatic carbocycles. The highest BCUT2D eigenvalue weighted by atomic mass is 16.6. The van der Waals surface area contributed by atoms with E-state index in [-0.39, 0.29) is 11.4 Å². The van der Waals surface area contributed by atoms with Crippen molar-refractivity contribution in [2.45, 2.75) is 13.5 Å². The van der Waals surface area contributed by atoms with Gasteiger partial charge in [0, 0.05) is 13.6 Å². The zero-order valence-electron chi connectivity index (χ0n) is 7.85. The van der Waals surface area contributed by atoms with Crippen molar-refractivity contribution >= 4 is 11.6 Å². The highest BCUT2D eigenvalue weighted by Gasteiger charge is 2.25. The first-order valence-electron chi connectivity index (χ1n) is 4.04. The summed E-state index contributed by atoms with van der Waals surface area (Å²) >= 11 is 0. The summed E-state index contributed by atoms with van der Waals surface area (Å²) in [6.07, 6.45) is 1.08. The molecule has 0 aliphatic heterocycles. The van der Waals surface area contributed by atoms with Crippen LogP contribution in [-0.4, -0.2) is 27.7 Å². The van der Waals surface area contributed by atoms with Crippen LogP contribution in [0.15, 0.2) is 6.20 Å². The molecule has 1 heterocycles. The fraction of sp³-hybridized carbons (Fsp3) is 0.429. The van der Waals surface area contributed by atoms with Crippen LogP contribution in [0.2, 0.25) is 0 Å². The summed E-state index contributed by atoms with van der Waals surface area (Å²) in [4.78, 5) is 21.2. The predicted molar refractivity (Wildman–Crippen MR) is 47.9 cm³/mol. The molecule has 1 rings (SSSR count). The Labute approximate surface area is 79.9 Å². The number of aromatic nitrogens is 2. The number of hydrogen-bond acceptors (Lipinski definition) is 4. The Hall–Kier alpha value is -1.92. The Balaban J connectivity index is 3.26. The van der Waals surface area contributed by atoms with Gasteiger partial charge in [-0.15, -0.1) is 0 Å². The van der Waals surface area contributed by atoms with E-state index >= 15 is 0 Å². The molecule has 7 heteroatoms. The molecule has 0 atom stereocenters. The summed E-state index contributed by atoms with van der Waals surface area (Å²) in [6.45, 7) is 2.17. The fourth-order valence-electron chi connectivity index (χ4n) is 1.10. The van der Waals surface area contributed by atoms with E-state index in [0.29, 0.717) is 6.54 Å². The normalized spacial score (nSPS) is 9.86. The molecule has 0 spiro atoms. The van der Waals surface area contributed by atoms with Crippen LogP contribution >= 0.6 is 0 Å². The number of amides is 1. The standard InChI is InChI=1S/C7H10N4O3/c1-3-10-6(7(12)8-2)5(4-9-10)11(13)14/h4H,3H2,1-2H3,(H,8,12). The SMILES string of the molecule is CCn1ncc([N+](=O)[O-])c1C(=O)NC. The summed E-state index contributed by atoms with van der Waals surface area (Å²) in [5, 5.41) is 16.6. The first-order chi connectivity index (χ1) is 6.61. The van der Waals surface area contributed by atoms with Gasteiger partial charge in [0.25, 0.3) is 5.91 Å². The summed E-state index contributed by atoms with van der Waals surface area (Å²) in [5.74, 6) is -0.504. The molecule has 0 saturated carbocycles. The number of rotatable bonds is 3. The zero-order valence-corrected chi connectivity index (χ0v) is 7.85. The van der Waals surface area contributed by atoms with Crippen LogP contribution in [0.25, 0.3) is 0 Å². The van der Waals surface area contributed by atoms with Crippen LogP contribution < -0.4 is 5.32 Å². The first kappa shape index (κ1) is 10.2. The molecule has 7 nitrogen and oxygen atoms in total. The predicted octanol–water partition coefficient (Wildman–Crippen LogP) is 0.171.